The first-order valence-corrected chi connectivity index (χ1v) is 14.7. The predicted molar refractivity (Wildman–Crippen MR) is 144 cm³/mol. The summed E-state index contributed by atoms with van der Waals surface area (Å²) in [7, 11) is 0. The third-order valence-electron chi connectivity index (χ3n) is 8.31. The van der Waals surface area contributed by atoms with Gasteiger partial charge in [0.05, 0.1) is 29.7 Å². The SMILES string of the molecule is CC(C)OC(=O)C1CCCC2(C1)C(=O)N(Cc1nc3c(n1CCCC(F)(F)F)CCCC3)c1ccc(Br)cc12. The van der Waals surface area contributed by atoms with Gasteiger partial charge in [0.2, 0.25) is 5.91 Å². The molecule has 1 fully saturated rings. The maximum Gasteiger partial charge on any atom is 0.389 e. The first kappa shape index (κ1) is 28.2. The van der Waals surface area contributed by atoms with Gasteiger partial charge in [0.15, 0.2) is 0 Å². The van der Waals surface area contributed by atoms with E-state index in [4.69, 9.17) is 9.72 Å². The minimum atomic E-state index is -4.21. The van der Waals surface area contributed by atoms with Crippen molar-refractivity contribution in [3.8, 4) is 0 Å². The van der Waals surface area contributed by atoms with Gasteiger partial charge < -0.3 is 14.2 Å². The number of esters is 1. The van der Waals surface area contributed by atoms with E-state index >= 15 is 0 Å². The van der Waals surface area contributed by atoms with E-state index in [1.165, 1.54) is 0 Å². The number of alkyl halides is 3. The number of anilines is 1. The molecule has 1 aliphatic heterocycles. The highest BCUT2D eigenvalue weighted by atomic mass is 79.9. The monoisotopic (exact) mass is 609 g/mol. The topological polar surface area (TPSA) is 64.4 Å². The second kappa shape index (κ2) is 10.9. The number of nitrogens with zero attached hydrogens (tertiary/aromatic N) is 3. The van der Waals surface area contributed by atoms with Crippen molar-refractivity contribution in [1.29, 1.82) is 0 Å². The van der Waals surface area contributed by atoms with Crippen LogP contribution in [0.5, 0.6) is 0 Å². The molecule has 10 heteroatoms. The van der Waals surface area contributed by atoms with Gasteiger partial charge in [-0.2, -0.15) is 13.2 Å². The molecule has 1 amide bonds. The van der Waals surface area contributed by atoms with Gasteiger partial charge in [0.25, 0.3) is 0 Å². The summed E-state index contributed by atoms with van der Waals surface area (Å²) in [5, 5.41) is 0. The van der Waals surface area contributed by atoms with Crippen LogP contribution in [0.3, 0.4) is 0 Å². The number of carbonyl (C=O) groups is 2. The van der Waals surface area contributed by atoms with Crippen molar-refractivity contribution in [1.82, 2.24) is 9.55 Å². The van der Waals surface area contributed by atoms with Crippen LogP contribution in [0.2, 0.25) is 0 Å². The van der Waals surface area contributed by atoms with Crippen LogP contribution in [0.1, 0.15) is 88.0 Å². The molecule has 2 aliphatic carbocycles. The number of rotatable bonds is 7. The number of hydrogen-bond acceptors (Lipinski definition) is 4. The first-order chi connectivity index (χ1) is 18.5. The molecule has 1 aromatic carbocycles. The van der Waals surface area contributed by atoms with E-state index in [0.29, 0.717) is 25.1 Å². The van der Waals surface area contributed by atoms with Crippen molar-refractivity contribution in [2.24, 2.45) is 5.92 Å². The average molecular weight is 611 g/mol. The molecule has 2 heterocycles. The van der Waals surface area contributed by atoms with Gasteiger partial charge in [0.1, 0.15) is 5.82 Å². The van der Waals surface area contributed by atoms with E-state index in [1.807, 2.05) is 36.6 Å². The molecule has 2 unspecified atom stereocenters. The van der Waals surface area contributed by atoms with Crippen molar-refractivity contribution >= 4 is 33.5 Å². The number of aromatic nitrogens is 2. The summed E-state index contributed by atoms with van der Waals surface area (Å²) in [6, 6.07) is 5.79. The molecule has 0 saturated heterocycles. The van der Waals surface area contributed by atoms with Crippen LogP contribution in [0, 0.1) is 5.92 Å². The molecule has 39 heavy (non-hydrogen) atoms. The Morgan fingerprint density at radius 2 is 2.00 bits per heavy atom. The molecule has 1 aromatic heterocycles. The number of hydrogen-bond donors (Lipinski definition) is 0. The normalized spacial score (nSPS) is 22.9. The third kappa shape index (κ3) is 5.63. The highest BCUT2D eigenvalue weighted by Crippen LogP contribution is 2.52. The van der Waals surface area contributed by atoms with Crippen LogP contribution < -0.4 is 4.90 Å². The fourth-order valence-electron chi connectivity index (χ4n) is 6.63. The van der Waals surface area contributed by atoms with Gasteiger partial charge in [-0.05, 0) is 89.0 Å². The number of imidazole rings is 1. The lowest BCUT2D eigenvalue weighted by Crippen LogP contribution is -2.45. The van der Waals surface area contributed by atoms with Gasteiger partial charge in [0, 0.05) is 28.8 Å². The van der Waals surface area contributed by atoms with Crippen molar-refractivity contribution in [2.75, 3.05) is 4.90 Å². The number of amides is 1. The quantitative estimate of drug-likeness (QED) is 0.324. The molecule has 0 bridgehead atoms. The highest BCUT2D eigenvalue weighted by Gasteiger charge is 2.54. The van der Waals surface area contributed by atoms with Crippen molar-refractivity contribution in [3.05, 3.63) is 45.4 Å². The summed E-state index contributed by atoms with van der Waals surface area (Å²) in [6.45, 7) is 4.06. The molecule has 0 N–H and O–H groups in total. The van der Waals surface area contributed by atoms with Gasteiger partial charge in [-0.1, -0.05) is 22.4 Å². The third-order valence-corrected chi connectivity index (χ3v) is 8.80. The van der Waals surface area contributed by atoms with E-state index in [0.717, 1.165) is 59.2 Å². The molecule has 2 aromatic rings. The molecule has 5 rings (SSSR count). The maximum atomic E-state index is 14.3. The highest BCUT2D eigenvalue weighted by molar-refractivity contribution is 9.10. The average Bonchev–Trinajstić information content (AvgIpc) is 3.32. The number of halogens is 4. The molecule has 2 atom stereocenters. The minimum absolute atomic E-state index is 0.0274. The van der Waals surface area contributed by atoms with Gasteiger partial charge in [-0.15, -0.1) is 0 Å². The zero-order valence-corrected chi connectivity index (χ0v) is 24.0. The number of benzene rings is 1. The molecular formula is C29H35BrF3N3O3. The van der Waals surface area contributed by atoms with Crippen LogP contribution in [0.25, 0.3) is 0 Å². The molecule has 0 radical (unpaired) electrons. The molecular weight excluding hydrogens is 575 g/mol. The Hall–Kier alpha value is -2.36. The van der Waals surface area contributed by atoms with Crippen molar-refractivity contribution in [3.63, 3.8) is 0 Å². The van der Waals surface area contributed by atoms with Crippen molar-refractivity contribution in [2.45, 2.75) is 109 Å². The molecule has 1 spiro atoms. The number of fused-ring (bicyclic) bond motifs is 3. The Kier molecular flexibility index (Phi) is 7.87. The molecule has 6 nitrogen and oxygen atoms in total. The van der Waals surface area contributed by atoms with Crippen LogP contribution in [0.15, 0.2) is 22.7 Å². The largest absolute Gasteiger partial charge is 0.463 e. The number of aryl methyl sites for hydroxylation is 1. The molecule has 3 aliphatic rings. The first-order valence-electron chi connectivity index (χ1n) is 13.9. The van der Waals surface area contributed by atoms with Crippen molar-refractivity contribution < 1.29 is 27.5 Å². The van der Waals surface area contributed by atoms with Crippen LogP contribution in [0.4, 0.5) is 18.9 Å². The zero-order chi connectivity index (χ0) is 27.9. The Labute approximate surface area is 235 Å². The van der Waals surface area contributed by atoms with Gasteiger partial charge >= 0.3 is 12.1 Å². The Morgan fingerprint density at radius 3 is 2.74 bits per heavy atom. The molecule has 1 saturated carbocycles. The standard InChI is InChI=1S/C29H35BrF3N3O3/c1-18(2)39-26(37)19-7-5-12-28(16-19)21-15-20(30)10-11-23(21)36(27(28)38)17-25-34-22-8-3-4-9-24(22)35(25)14-6-13-29(31,32)33/h10-11,15,18-19H,3-9,12-14,16-17H2,1-2H3. The lowest BCUT2D eigenvalue weighted by molar-refractivity contribution is -0.154. The summed E-state index contributed by atoms with van der Waals surface area (Å²) >= 11 is 3.56. The Bertz CT molecular complexity index is 1260. The maximum absolute atomic E-state index is 14.3. The number of ether oxygens (including phenoxy) is 1. The summed E-state index contributed by atoms with van der Waals surface area (Å²) in [5.41, 5.74) is 2.78. The smallest absolute Gasteiger partial charge is 0.389 e. The van der Waals surface area contributed by atoms with Crippen LogP contribution >= 0.6 is 15.9 Å². The fraction of sp³-hybridized carbons (Fsp3) is 0.621. The second-order valence-electron chi connectivity index (χ2n) is 11.4. The van der Waals surface area contributed by atoms with E-state index in [9.17, 15) is 22.8 Å². The van der Waals surface area contributed by atoms with Crippen LogP contribution in [-0.4, -0.2) is 33.7 Å². The summed E-state index contributed by atoms with van der Waals surface area (Å²) in [6.07, 6.45) is 0.678. The second-order valence-corrected chi connectivity index (χ2v) is 12.3. The zero-order valence-electron chi connectivity index (χ0n) is 22.5. The lowest BCUT2D eigenvalue weighted by Gasteiger charge is -2.36. The van der Waals surface area contributed by atoms with Gasteiger partial charge in [-0.25, -0.2) is 4.98 Å². The van der Waals surface area contributed by atoms with E-state index in [1.54, 1.807) is 4.90 Å². The molecule has 212 valence electrons. The van der Waals surface area contributed by atoms with E-state index < -0.39 is 18.0 Å². The minimum Gasteiger partial charge on any atom is -0.463 e. The fourth-order valence-corrected chi connectivity index (χ4v) is 6.99. The van der Waals surface area contributed by atoms with Gasteiger partial charge in [-0.3, -0.25) is 9.59 Å². The number of carbonyl (C=O) groups excluding carboxylic acids is 2. The Morgan fingerprint density at radius 1 is 1.23 bits per heavy atom. The lowest BCUT2D eigenvalue weighted by atomic mass is 9.66. The van der Waals surface area contributed by atoms with E-state index in [-0.39, 0.29) is 43.4 Å². The summed E-state index contributed by atoms with van der Waals surface area (Å²) in [5.74, 6) is -0.0660. The Balaban J connectivity index is 1.48. The van der Waals surface area contributed by atoms with E-state index in [2.05, 4.69) is 15.9 Å². The van der Waals surface area contributed by atoms with Crippen LogP contribution in [-0.2, 0) is 45.7 Å². The summed E-state index contributed by atoms with van der Waals surface area (Å²) < 4.78 is 47.1. The summed E-state index contributed by atoms with van der Waals surface area (Å²) in [4.78, 5) is 33.8. The predicted octanol–water partition coefficient (Wildman–Crippen LogP) is 6.79.